The van der Waals surface area contributed by atoms with E-state index in [4.69, 9.17) is 22.1 Å². The van der Waals surface area contributed by atoms with Crippen molar-refractivity contribution in [1.29, 1.82) is 0 Å². The number of hydrogen-bond donors (Lipinski definition) is 2. The van der Waals surface area contributed by atoms with Gasteiger partial charge < -0.3 is 20.7 Å². The van der Waals surface area contributed by atoms with Crippen molar-refractivity contribution in [1.82, 2.24) is 10.2 Å². The minimum atomic E-state index is -0.504. The van der Waals surface area contributed by atoms with E-state index >= 15 is 0 Å². The third kappa shape index (κ3) is 4.23. The lowest BCUT2D eigenvalue weighted by atomic mass is 9.79. The lowest BCUT2D eigenvalue weighted by Crippen LogP contribution is -2.50. The Kier molecular flexibility index (Phi) is 6.41. The second kappa shape index (κ2) is 8.11. The number of likely N-dealkylation sites (N-methyl/N-ethyl adjacent to an activating group) is 1. The third-order valence-corrected chi connectivity index (χ3v) is 5.01. The van der Waals surface area contributed by atoms with E-state index in [-0.39, 0.29) is 11.9 Å². The second-order valence-electron chi connectivity index (χ2n) is 6.31. The van der Waals surface area contributed by atoms with Gasteiger partial charge in [-0.25, -0.2) is 0 Å². The molecule has 1 aliphatic heterocycles. The Balaban J connectivity index is 2.07. The minimum absolute atomic E-state index is 0.0159. The van der Waals surface area contributed by atoms with E-state index in [2.05, 4.69) is 10.2 Å². The van der Waals surface area contributed by atoms with E-state index in [9.17, 15) is 4.79 Å². The van der Waals surface area contributed by atoms with Crippen LogP contribution < -0.4 is 11.1 Å². The van der Waals surface area contributed by atoms with Crippen LogP contribution in [0.1, 0.15) is 24.4 Å². The van der Waals surface area contributed by atoms with Crippen molar-refractivity contribution in [3.05, 3.63) is 34.9 Å². The van der Waals surface area contributed by atoms with Crippen LogP contribution in [0.2, 0.25) is 5.02 Å². The van der Waals surface area contributed by atoms with Gasteiger partial charge in [-0.05, 0) is 38.6 Å². The molecule has 6 heteroatoms. The number of ether oxygens (including phenoxy) is 1. The zero-order valence-corrected chi connectivity index (χ0v) is 14.6. The number of nitrogens with two attached hydrogens (primary N) is 1. The quantitative estimate of drug-likeness (QED) is 0.829. The molecule has 0 saturated carbocycles. The van der Waals surface area contributed by atoms with Gasteiger partial charge >= 0.3 is 0 Å². The molecule has 1 aliphatic rings. The molecule has 1 heterocycles. The summed E-state index contributed by atoms with van der Waals surface area (Å²) in [7, 11) is 3.96. The highest BCUT2D eigenvalue weighted by Gasteiger charge is 2.38. The van der Waals surface area contributed by atoms with Crippen LogP contribution in [-0.2, 0) is 9.53 Å². The fourth-order valence-electron chi connectivity index (χ4n) is 2.98. The fourth-order valence-corrected chi connectivity index (χ4v) is 3.24. The van der Waals surface area contributed by atoms with Gasteiger partial charge in [-0.15, -0.1) is 0 Å². The monoisotopic (exact) mass is 339 g/mol. The van der Waals surface area contributed by atoms with Gasteiger partial charge in [0.25, 0.3) is 0 Å². The first-order chi connectivity index (χ1) is 11.0. The molecule has 1 saturated heterocycles. The maximum atomic E-state index is 12.7. The standard InChI is InChI=1S/C17H26ClN3O2/c1-21(2)15(13-5-3-4-6-14(13)18)11-20-16(22)17(12-19)7-9-23-10-8-17/h3-6,15H,7-12,19H2,1-2H3,(H,20,22). The summed E-state index contributed by atoms with van der Waals surface area (Å²) in [6.45, 7) is 2.03. The van der Waals surface area contributed by atoms with Crippen LogP contribution in [0.4, 0.5) is 0 Å². The molecule has 1 aromatic carbocycles. The SMILES string of the molecule is CN(C)C(CNC(=O)C1(CN)CCOCC1)c1ccccc1Cl. The average Bonchev–Trinajstić information content (AvgIpc) is 2.56. The van der Waals surface area contributed by atoms with Crippen LogP contribution >= 0.6 is 11.6 Å². The molecule has 128 valence electrons. The van der Waals surface area contributed by atoms with E-state index in [1.165, 1.54) is 0 Å². The Morgan fingerprint density at radius 2 is 2.04 bits per heavy atom. The van der Waals surface area contributed by atoms with E-state index < -0.39 is 5.41 Å². The summed E-state index contributed by atoms with van der Waals surface area (Å²) in [5.41, 5.74) is 6.40. The van der Waals surface area contributed by atoms with Gasteiger partial charge in [0.15, 0.2) is 0 Å². The van der Waals surface area contributed by atoms with Gasteiger partial charge in [0.1, 0.15) is 0 Å². The number of halogens is 1. The summed E-state index contributed by atoms with van der Waals surface area (Å²) in [6.07, 6.45) is 1.35. The van der Waals surface area contributed by atoms with Crippen molar-refractivity contribution < 1.29 is 9.53 Å². The molecule has 0 aromatic heterocycles. The molecular weight excluding hydrogens is 314 g/mol. The van der Waals surface area contributed by atoms with Crippen molar-refractivity contribution in [3.8, 4) is 0 Å². The Morgan fingerprint density at radius 3 is 2.61 bits per heavy atom. The molecule has 3 N–H and O–H groups in total. The third-order valence-electron chi connectivity index (χ3n) is 4.67. The summed E-state index contributed by atoms with van der Waals surface area (Å²) in [5, 5.41) is 3.78. The largest absolute Gasteiger partial charge is 0.381 e. The predicted molar refractivity (Wildman–Crippen MR) is 92.4 cm³/mol. The van der Waals surface area contributed by atoms with Crippen LogP contribution in [0.5, 0.6) is 0 Å². The summed E-state index contributed by atoms with van der Waals surface area (Å²) in [6, 6.07) is 7.74. The number of amides is 1. The van der Waals surface area contributed by atoms with Crippen molar-refractivity contribution >= 4 is 17.5 Å². The molecule has 1 atom stereocenters. The van der Waals surface area contributed by atoms with E-state index in [1.54, 1.807) is 0 Å². The highest BCUT2D eigenvalue weighted by molar-refractivity contribution is 6.31. The Hall–Kier alpha value is -1.14. The van der Waals surface area contributed by atoms with Crippen molar-refractivity contribution in [3.63, 3.8) is 0 Å². The molecule has 5 nitrogen and oxygen atoms in total. The Bertz CT molecular complexity index is 530. The molecule has 2 rings (SSSR count). The van der Waals surface area contributed by atoms with Gasteiger partial charge in [0.05, 0.1) is 11.5 Å². The first-order valence-corrected chi connectivity index (χ1v) is 8.35. The highest BCUT2D eigenvalue weighted by Crippen LogP contribution is 2.30. The molecule has 1 fully saturated rings. The van der Waals surface area contributed by atoms with E-state index in [0.717, 1.165) is 5.56 Å². The van der Waals surface area contributed by atoms with E-state index in [0.29, 0.717) is 44.2 Å². The highest BCUT2D eigenvalue weighted by atomic mass is 35.5. The van der Waals surface area contributed by atoms with Crippen LogP contribution in [0, 0.1) is 5.41 Å². The molecule has 0 spiro atoms. The first-order valence-electron chi connectivity index (χ1n) is 7.97. The van der Waals surface area contributed by atoms with Gasteiger partial charge in [-0.1, -0.05) is 29.8 Å². The normalized spacial score (nSPS) is 18.7. The summed E-state index contributed by atoms with van der Waals surface area (Å²) >= 11 is 6.31. The number of benzene rings is 1. The number of hydrogen-bond acceptors (Lipinski definition) is 4. The Morgan fingerprint density at radius 1 is 1.39 bits per heavy atom. The molecule has 23 heavy (non-hydrogen) atoms. The van der Waals surface area contributed by atoms with Crippen LogP contribution in [0.25, 0.3) is 0 Å². The minimum Gasteiger partial charge on any atom is -0.381 e. The summed E-state index contributed by atoms with van der Waals surface area (Å²) < 4.78 is 5.36. The van der Waals surface area contributed by atoms with Crippen molar-refractivity contribution in [2.75, 3.05) is 40.4 Å². The maximum Gasteiger partial charge on any atom is 0.227 e. The predicted octanol–water partition coefficient (Wildman–Crippen LogP) is 1.81. The molecule has 1 unspecified atom stereocenters. The van der Waals surface area contributed by atoms with Crippen molar-refractivity contribution in [2.24, 2.45) is 11.1 Å². The number of nitrogens with one attached hydrogen (secondary N) is 1. The van der Waals surface area contributed by atoms with E-state index in [1.807, 2.05) is 38.4 Å². The van der Waals surface area contributed by atoms with Crippen molar-refractivity contribution in [2.45, 2.75) is 18.9 Å². The topological polar surface area (TPSA) is 67.6 Å². The number of carbonyl (C=O) groups is 1. The smallest absolute Gasteiger partial charge is 0.227 e. The van der Waals surface area contributed by atoms with Gasteiger partial charge in [0.2, 0.25) is 5.91 Å². The molecule has 0 bridgehead atoms. The molecule has 0 aliphatic carbocycles. The zero-order chi connectivity index (χ0) is 16.9. The van der Waals surface area contributed by atoms with Gasteiger partial charge in [-0.3, -0.25) is 4.79 Å². The maximum absolute atomic E-state index is 12.7. The zero-order valence-electron chi connectivity index (χ0n) is 13.8. The Labute approximate surface area is 143 Å². The summed E-state index contributed by atoms with van der Waals surface area (Å²) in [4.78, 5) is 14.8. The second-order valence-corrected chi connectivity index (χ2v) is 6.71. The van der Waals surface area contributed by atoms with Crippen LogP contribution in [0.3, 0.4) is 0 Å². The molecule has 1 amide bonds. The lowest BCUT2D eigenvalue weighted by molar-refractivity contribution is -0.136. The molecular formula is C17H26ClN3O2. The lowest BCUT2D eigenvalue weighted by Gasteiger charge is -2.35. The number of carbonyl (C=O) groups excluding carboxylic acids is 1. The van der Waals surface area contributed by atoms with Gasteiger partial charge in [-0.2, -0.15) is 0 Å². The summed E-state index contributed by atoms with van der Waals surface area (Å²) in [5.74, 6) is 0.0159. The average molecular weight is 340 g/mol. The van der Waals surface area contributed by atoms with Gasteiger partial charge in [0, 0.05) is 31.3 Å². The number of nitrogens with zero attached hydrogens (tertiary/aromatic N) is 1. The molecule has 0 radical (unpaired) electrons. The fraction of sp³-hybridized carbons (Fsp3) is 0.588. The number of rotatable bonds is 6. The van der Waals surface area contributed by atoms with Crippen LogP contribution in [-0.4, -0.2) is 51.2 Å². The first kappa shape index (κ1) is 18.2. The molecule has 1 aromatic rings. The van der Waals surface area contributed by atoms with Crippen LogP contribution in [0.15, 0.2) is 24.3 Å².